The summed E-state index contributed by atoms with van der Waals surface area (Å²) in [6.45, 7) is 5.66. The normalized spacial score (nSPS) is 16.2. The van der Waals surface area contributed by atoms with Crippen molar-refractivity contribution < 1.29 is 36.3 Å². The Morgan fingerprint density at radius 3 is 2.46 bits per heavy atom. The van der Waals surface area contributed by atoms with Crippen molar-refractivity contribution in [3.05, 3.63) is 53.6 Å². The highest BCUT2D eigenvalue weighted by Crippen LogP contribution is 2.25. The van der Waals surface area contributed by atoms with E-state index in [1.54, 1.807) is 20.8 Å². The van der Waals surface area contributed by atoms with E-state index in [0.29, 0.717) is 19.0 Å². The second-order valence-electron chi connectivity index (χ2n) is 8.97. The van der Waals surface area contributed by atoms with Crippen LogP contribution in [0.2, 0.25) is 0 Å². The van der Waals surface area contributed by atoms with E-state index in [-0.39, 0.29) is 28.4 Å². The minimum absolute atomic E-state index is 0.0564. The first-order valence-electron chi connectivity index (χ1n) is 10.7. The molecule has 190 valence electrons. The smallest absolute Gasteiger partial charge is 0.410 e. The van der Waals surface area contributed by atoms with Gasteiger partial charge in [-0.15, -0.1) is 0 Å². The van der Waals surface area contributed by atoms with Crippen LogP contribution in [0.3, 0.4) is 0 Å². The minimum atomic E-state index is -4.08. The minimum Gasteiger partial charge on any atom is -0.496 e. The Morgan fingerprint density at radius 2 is 1.83 bits per heavy atom. The van der Waals surface area contributed by atoms with Gasteiger partial charge in [0.15, 0.2) is 0 Å². The van der Waals surface area contributed by atoms with Crippen molar-refractivity contribution in [3.63, 3.8) is 0 Å². The average Bonchev–Trinajstić information content (AvgIpc) is 3.22. The summed E-state index contributed by atoms with van der Waals surface area (Å²) in [5.74, 6) is -2.59. The lowest BCUT2D eigenvalue weighted by molar-refractivity contribution is 0.0291. The number of amides is 2. The van der Waals surface area contributed by atoms with Crippen molar-refractivity contribution in [1.29, 1.82) is 0 Å². The largest absolute Gasteiger partial charge is 0.496 e. The summed E-state index contributed by atoms with van der Waals surface area (Å²) < 4.78 is 66.1. The molecule has 1 atom stereocenters. The molecule has 0 spiro atoms. The zero-order valence-electron chi connectivity index (χ0n) is 19.7. The first-order chi connectivity index (χ1) is 16.3. The number of benzene rings is 2. The second-order valence-corrected chi connectivity index (χ2v) is 10.7. The highest BCUT2D eigenvalue weighted by molar-refractivity contribution is 7.89. The Kier molecular flexibility index (Phi) is 7.65. The summed E-state index contributed by atoms with van der Waals surface area (Å²) in [5, 5.41) is 2.28. The highest BCUT2D eigenvalue weighted by Gasteiger charge is 2.32. The molecule has 0 radical (unpaired) electrons. The maximum atomic E-state index is 14.0. The first-order valence-corrected chi connectivity index (χ1v) is 12.2. The molecule has 2 aromatic carbocycles. The Labute approximate surface area is 202 Å². The topological polar surface area (TPSA) is 114 Å². The van der Waals surface area contributed by atoms with Gasteiger partial charge in [-0.2, -0.15) is 0 Å². The Morgan fingerprint density at radius 1 is 1.11 bits per heavy atom. The number of nitrogens with one attached hydrogen (secondary N) is 2. The zero-order valence-corrected chi connectivity index (χ0v) is 20.5. The van der Waals surface area contributed by atoms with E-state index >= 15 is 0 Å². The molecule has 12 heteroatoms. The molecule has 1 aliphatic rings. The van der Waals surface area contributed by atoms with Gasteiger partial charge in [-0.25, -0.2) is 26.7 Å². The molecule has 0 saturated carbocycles. The molecule has 2 amide bonds. The summed E-state index contributed by atoms with van der Waals surface area (Å²) in [5.41, 5.74) is -1.12. The molecule has 2 aromatic rings. The number of sulfonamides is 1. The van der Waals surface area contributed by atoms with Crippen molar-refractivity contribution >= 4 is 27.7 Å². The molecule has 1 aliphatic heterocycles. The van der Waals surface area contributed by atoms with Crippen LogP contribution in [0.25, 0.3) is 0 Å². The van der Waals surface area contributed by atoms with Gasteiger partial charge in [-0.3, -0.25) is 4.79 Å². The van der Waals surface area contributed by atoms with Crippen LogP contribution in [-0.4, -0.2) is 57.2 Å². The van der Waals surface area contributed by atoms with E-state index in [4.69, 9.17) is 9.47 Å². The summed E-state index contributed by atoms with van der Waals surface area (Å²) in [4.78, 5) is 26.2. The molecular weight excluding hydrogens is 484 g/mol. The van der Waals surface area contributed by atoms with E-state index in [2.05, 4.69) is 10.0 Å². The van der Waals surface area contributed by atoms with Crippen molar-refractivity contribution in [2.24, 2.45) is 0 Å². The standard InChI is InChI=1S/C23H27F2N3O6S/c1-23(2,3)34-22(30)28-10-9-15(13-28)27-35(31,32)16-6-8-20(33-4)17(12-16)21(29)26-19-7-5-14(24)11-18(19)25/h5-8,11-12,15,27H,9-10,13H2,1-4H3,(H,26,29)/t15-/m0/s1. The van der Waals surface area contributed by atoms with E-state index in [9.17, 15) is 26.8 Å². The lowest BCUT2D eigenvalue weighted by atomic mass is 10.1. The number of nitrogens with zero attached hydrogens (tertiary/aromatic N) is 1. The van der Waals surface area contributed by atoms with Gasteiger partial charge >= 0.3 is 6.09 Å². The van der Waals surface area contributed by atoms with Gasteiger partial charge < -0.3 is 19.7 Å². The average molecular weight is 512 g/mol. The third kappa shape index (κ3) is 6.67. The van der Waals surface area contributed by atoms with Gasteiger partial charge in [-0.1, -0.05) is 0 Å². The fourth-order valence-corrected chi connectivity index (χ4v) is 4.74. The lowest BCUT2D eigenvalue weighted by Gasteiger charge is -2.24. The number of hydrogen-bond donors (Lipinski definition) is 2. The Hall–Kier alpha value is -3.25. The molecule has 9 nitrogen and oxygen atoms in total. The number of likely N-dealkylation sites (tertiary alicyclic amines) is 1. The second kappa shape index (κ2) is 10.2. The third-order valence-electron chi connectivity index (χ3n) is 5.07. The van der Waals surface area contributed by atoms with Gasteiger partial charge in [0.2, 0.25) is 10.0 Å². The maximum absolute atomic E-state index is 14.0. The van der Waals surface area contributed by atoms with Crippen LogP contribution in [0.5, 0.6) is 5.75 Å². The van der Waals surface area contributed by atoms with E-state index in [1.165, 1.54) is 24.1 Å². The van der Waals surface area contributed by atoms with Gasteiger partial charge in [-0.05, 0) is 57.5 Å². The van der Waals surface area contributed by atoms with E-state index in [1.807, 2.05) is 0 Å². The van der Waals surface area contributed by atoms with Crippen LogP contribution in [-0.2, 0) is 14.8 Å². The van der Waals surface area contributed by atoms with Crippen molar-refractivity contribution in [1.82, 2.24) is 9.62 Å². The maximum Gasteiger partial charge on any atom is 0.410 e. The molecule has 1 heterocycles. The Bertz CT molecular complexity index is 1230. The molecule has 1 saturated heterocycles. The molecular formula is C23H27F2N3O6S. The summed E-state index contributed by atoms with van der Waals surface area (Å²) in [7, 11) is -2.79. The van der Waals surface area contributed by atoms with Gasteiger partial charge in [0.1, 0.15) is 23.0 Å². The molecule has 0 unspecified atom stereocenters. The van der Waals surface area contributed by atoms with Crippen LogP contribution >= 0.6 is 0 Å². The number of hydrogen-bond acceptors (Lipinski definition) is 6. The van der Waals surface area contributed by atoms with Crippen LogP contribution in [0, 0.1) is 11.6 Å². The van der Waals surface area contributed by atoms with Crippen molar-refractivity contribution in [3.8, 4) is 5.75 Å². The van der Waals surface area contributed by atoms with Crippen molar-refractivity contribution in [2.45, 2.75) is 43.7 Å². The molecule has 35 heavy (non-hydrogen) atoms. The molecule has 2 N–H and O–H groups in total. The van der Waals surface area contributed by atoms with Crippen LogP contribution in [0.15, 0.2) is 41.3 Å². The van der Waals surface area contributed by atoms with Crippen LogP contribution < -0.4 is 14.8 Å². The summed E-state index contributed by atoms with van der Waals surface area (Å²) in [6.07, 6.45) is -0.151. The SMILES string of the molecule is COc1ccc(S(=O)(=O)N[C@H]2CCN(C(=O)OC(C)(C)C)C2)cc1C(=O)Nc1ccc(F)cc1F. The predicted molar refractivity (Wildman–Crippen MR) is 124 cm³/mol. The number of carbonyl (C=O) groups excluding carboxylic acids is 2. The predicted octanol–water partition coefficient (Wildman–Crippen LogP) is 3.51. The third-order valence-corrected chi connectivity index (χ3v) is 6.59. The number of halogens is 2. The van der Waals surface area contributed by atoms with E-state index < -0.39 is 45.3 Å². The van der Waals surface area contributed by atoms with Crippen LogP contribution in [0.4, 0.5) is 19.3 Å². The fraction of sp³-hybridized carbons (Fsp3) is 0.391. The first kappa shape index (κ1) is 26.4. The highest BCUT2D eigenvalue weighted by atomic mass is 32.2. The number of anilines is 1. The van der Waals surface area contributed by atoms with Crippen molar-refractivity contribution in [2.75, 3.05) is 25.5 Å². The fourth-order valence-electron chi connectivity index (χ4n) is 3.45. The monoisotopic (exact) mass is 511 g/mol. The summed E-state index contributed by atoms with van der Waals surface area (Å²) >= 11 is 0. The lowest BCUT2D eigenvalue weighted by Crippen LogP contribution is -2.40. The van der Waals surface area contributed by atoms with Gasteiger partial charge in [0, 0.05) is 25.2 Å². The number of methoxy groups -OCH3 is 1. The molecule has 0 bridgehead atoms. The van der Waals surface area contributed by atoms with Gasteiger partial charge in [0.05, 0.1) is 23.3 Å². The van der Waals surface area contributed by atoms with Gasteiger partial charge in [0.25, 0.3) is 5.91 Å². The van der Waals surface area contributed by atoms with Crippen LogP contribution in [0.1, 0.15) is 37.6 Å². The molecule has 0 aromatic heterocycles. The zero-order chi connectivity index (χ0) is 26.0. The quantitative estimate of drug-likeness (QED) is 0.614. The molecule has 3 rings (SSSR count). The molecule has 1 fully saturated rings. The number of rotatable bonds is 6. The summed E-state index contributed by atoms with van der Waals surface area (Å²) in [6, 6.07) is 5.73. The number of ether oxygens (including phenoxy) is 2. The molecule has 0 aliphatic carbocycles. The van der Waals surface area contributed by atoms with E-state index in [0.717, 1.165) is 18.2 Å². The number of carbonyl (C=O) groups is 2. The Balaban J connectivity index is 1.76.